The largest absolute Gasteiger partial charge is 0.494 e. The fourth-order valence-corrected chi connectivity index (χ4v) is 5.60. The zero-order valence-corrected chi connectivity index (χ0v) is 22.2. The molecule has 1 amide bonds. The van der Waals surface area contributed by atoms with Gasteiger partial charge >= 0.3 is 0 Å². The summed E-state index contributed by atoms with van der Waals surface area (Å²) >= 11 is 0. The molecule has 0 atom stereocenters. The predicted molar refractivity (Wildman–Crippen MR) is 144 cm³/mol. The van der Waals surface area contributed by atoms with Crippen molar-refractivity contribution in [2.45, 2.75) is 70.9 Å². The molecule has 3 N–H and O–H groups in total. The van der Waals surface area contributed by atoms with E-state index in [-0.39, 0.29) is 37.1 Å². The van der Waals surface area contributed by atoms with Crippen LogP contribution >= 0.6 is 0 Å². The summed E-state index contributed by atoms with van der Waals surface area (Å²) in [5.41, 5.74) is 3.03. The van der Waals surface area contributed by atoms with E-state index in [0.29, 0.717) is 51.9 Å². The number of aromatic hydroxyl groups is 1. The van der Waals surface area contributed by atoms with Crippen LogP contribution in [0.25, 0.3) is 10.9 Å². The predicted octanol–water partition coefficient (Wildman–Crippen LogP) is 5.42. The first-order chi connectivity index (χ1) is 18.1. The summed E-state index contributed by atoms with van der Waals surface area (Å²) in [6, 6.07) is 5.99. The van der Waals surface area contributed by atoms with E-state index in [0.717, 1.165) is 25.9 Å². The first-order valence-electron chi connectivity index (χ1n) is 13.5. The molecule has 2 fully saturated rings. The number of rotatable bonds is 8. The summed E-state index contributed by atoms with van der Waals surface area (Å²) in [6.45, 7) is 8.73. The molecule has 3 aromatic rings. The van der Waals surface area contributed by atoms with Crippen LogP contribution in [0.4, 0.5) is 14.5 Å². The number of amides is 1. The molecule has 2 aliphatic rings. The summed E-state index contributed by atoms with van der Waals surface area (Å²) in [5, 5.41) is 18.8. The van der Waals surface area contributed by atoms with E-state index < -0.39 is 5.92 Å². The van der Waals surface area contributed by atoms with Crippen molar-refractivity contribution < 1.29 is 18.7 Å². The molecule has 1 aliphatic heterocycles. The minimum absolute atomic E-state index is 0.0108. The highest BCUT2D eigenvalue weighted by atomic mass is 19.3. The average Bonchev–Trinajstić information content (AvgIpc) is 3.47. The van der Waals surface area contributed by atoms with E-state index in [9.17, 15) is 18.7 Å². The number of aromatic amines is 1. The number of hydrogen-bond acceptors (Lipinski definition) is 5. The number of carbonyl (C=O) groups excluding carboxylic acids is 1. The van der Waals surface area contributed by atoms with Gasteiger partial charge in [-0.15, -0.1) is 0 Å². The van der Waals surface area contributed by atoms with Gasteiger partial charge in [0.2, 0.25) is 5.92 Å². The van der Waals surface area contributed by atoms with Gasteiger partial charge < -0.3 is 20.3 Å². The standard InChI is InChI=1S/C28H36F2N6O2/c1-4-23(33-20-15-32-36(16-20)21-7-9-35(10-8-21)17(2)3)25-22-11-19(5-6-24(22)34-27(25)38)26(37)31-14-18-12-28(29,30)13-18/h5-6,11,15-18,21,34,38H,4,7-10,12-14H2,1-3H3,(H,31,37). The highest BCUT2D eigenvalue weighted by Crippen LogP contribution is 2.42. The van der Waals surface area contributed by atoms with Gasteiger partial charge in [0, 0.05) is 55.0 Å². The van der Waals surface area contributed by atoms with Gasteiger partial charge in [0.15, 0.2) is 5.88 Å². The lowest BCUT2D eigenvalue weighted by Crippen LogP contribution is -2.42. The van der Waals surface area contributed by atoms with Crippen LogP contribution in [-0.2, 0) is 0 Å². The highest BCUT2D eigenvalue weighted by molar-refractivity contribution is 6.14. The van der Waals surface area contributed by atoms with Crippen LogP contribution in [0.3, 0.4) is 0 Å². The molecule has 1 saturated carbocycles. The number of piperidine rings is 1. The summed E-state index contributed by atoms with van der Waals surface area (Å²) in [7, 11) is 0. The summed E-state index contributed by atoms with van der Waals surface area (Å²) < 4.78 is 28.2. The maximum Gasteiger partial charge on any atom is 0.251 e. The van der Waals surface area contributed by atoms with E-state index in [1.807, 2.05) is 17.8 Å². The fraction of sp³-hybridized carbons (Fsp3) is 0.536. The number of aliphatic imine (C=N–C) groups is 1. The summed E-state index contributed by atoms with van der Waals surface area (Å²) in [4.78, 5) is 23.0. The number of aromatic nitrogens is 3. The van der Waals surface area contributed by atoms with Crippen molar-refractivity contribution >= 4 is 28.2 Å². The van der Waals surface area contributed by atoms with E-state index in [4.69, 9.17) is 4.99 Å². The van der Waals surface area contributed by atoms with Crippen molar-refractivity contribution in [1.82, 2.24) is 25.0 Å². The van der Waals surface area contributed by atoms with Crippen molar-refractivity contribution in [3.05, 3.63) is 41.7 Å². The number of carbonyl (C=O) groups is 1. The van der Waals surface area contributed by atoms with Crippen LogP contribution < -0.4 is 5.32 Å². The van der Waals surface area contributed by atoms with E-state index in [1.54, 1.807) is 24.4 Å². The first-order valence-corrected chi connectivity index (χ1v) is 13.5. The molecule has 1 saturated heterocycles. The molecule has 3 heterocycles. The molecule has 5 rings (SSSR count). The molecule has 0 radical (unpaired) electrons. The number of likely N-dealkylation sites (tertiary alicyclic amines) is 1. The van der Waals surface area contributed by atoms with Gasteiger partial charge in [-0.25, -0.2) is 13.8 Å². The highest BCUT2D eigenvalue weighted by Gasteiger charge is 2.45. The lowest BCUT2D eigenvalue weighted by atomic mass is 9.81. The van der Waals surface area contributed by atoms with Gasteiger partial charge in [-0.05, 0) is 57.2 Å². The Morgan fingerprint density at radius 2 is 2.03 bits per heavy atom. The third-order valence-corrected chi connectivity index (χ3v) is 7.85. The Balaban J connectivity index is 1.34. The second kappa shape index (κ2) is 10.5. The Hall–Kier alpha value is -3.27. The van der Waals surface area contributed by atoms with E-state index in [2.05, 4.69) is 34.1 Å². The Kier molecular flexibility index (Phi) is 7.26. The number of fused-ring (bicyclic) bond motifs is 1. The molecule has 38 heavy (non-hydrogen) atoms. The first kappa shape index (κ1) is 26.3. The minimum atomic E-state index is -2.61. The monoisotopic (exact) mass is 526 g/mol. The van der Waals surface area contributed by atoms with Crippen LogP contribution in [0.2, 0.25) is 0 Å². The number of hydrogen-bond donors (Lipinski definition) is 3. The Bertz CT molecular complexity index is 1330. The third-order valence-electron chi connectivity index (χ3n) is 7.85. The van der Waals surface area contributed by atoms with Crippen LogP contribution in [0.5, 0.6) is 5.88 Å². The smallest absolute Gasteiger partial charge is 0.251 e. The molecule has 0 spiro atoms. The fourth-order valence-electron chi connectivity index (χ4n) is 5.60. The Morgan fingerprint density at radius 3 is 2.68 bits per heavy atom. The van der Waals surface area contributed by atoms with Crippen molar-refractivity contribution in [1.29, 1.82) is 0 Å². The maximum absolute atomic E-state index is 13.1. The minimum Gasteiger partial charge on any atom is -0.494 e. The van der Waals surface area contributed by atoms with Crippen molar-refractivity contribution in [3.63, 3.8) is 0 Å². The van der Waals surface area contributed by atoms with Crippen LogP contribution in [0.1, 0.15) is 74.8 Å². The molecule has 2 aromatic heterocycles. The van der Waals surface area contributed by atoms with Crippen molar-refractivity contribution in [3.8, 4) is 5.88 Å². The van der Waals surface area contributed by atoms with E-state index in [1.165, 1.54) is 0 Å². The third kappa shape index (κ3) is 5.45. The topological polar surface area (TPSA) is 98.5 Å². The summed E-state index contributed by atoms with van der Waals surface area (Å²) in [6.07, 6.45) is 5.98. The number of H-pyrrole nitrogens is 1. The number of alkyl halides is 2. The SMILES string of the molecule is CCC(=Nc1cnn(C2CCN(C(C)C)CC2)c1)c1c(O)[nH]c2ccc(C(=O)NCC3CC(F)(F)C3)cc12. The normalized spacial score (nSPS) is 19.3. The van der Waals surface area contributed by atoms with Crippen LogP contribution in [0, 0.1) is 5.92 Å². The average molecular weight is 527 g/mol. The van der Waals surface area contributed by atoms with Crippen molar-refractivity contribution in [2.24, 2.45) is 10.9 Å². The van der Waals surface area contributed by atoms with Crippen molar-refractivity contribution in [2.75, 3.05) is 19.6 Å². The zero-order valence-electron chi connectivity index (χ0n) is 22.2. The van der Waals surface area contributed by atoms with Gasteiger partial charge in [0.05, 0.1) is 29.7 Å². The molecule has 204 valence electrons. The summed E-state index contributed by atoms with van der Waals surface area (Å²) in [5.74, 6) is -3.15. The molecule has 10 heteroatoms. The maximum atomic E-state index is 13.1. The number of nitrogens with zero attached hydrogens (tertiary/aromatic N) is 4. The molecule has 0 unspecified atom stereocenters. The zero-order chi connectivity index (χ0) is 27.0. The molecular formula is C28H36F2N6O2. The lowest BCUT2D eigenvalue weighted by molar-refractivity contribution is -0.108. The molecule has 1 aliphatic carbocycles. The van der Waals surface area contributed by atoms with Gasteiger partial charge in [-0.2, -0.15) is 5.10 Å². The van der Waals surface area contributed by atoms with E-state index >= 15 is 0 Å². The van der Waals surface area contributed by atoms with Crippen LogP contribution in [0.15, 0.2) is 35.6 Å². The molecule has 8 nitrogen and oxygen atoms in total. The van der Waals surface area contributed by atoms with Gasteiger partial charge in [0.25, 0.3) is 5.91 Å². The molecule has 0 bridgehead atoms. The van der Waals surface area contributed by atoms with Gasteiger partial charge in [-0.1, -0.05) is 6.92 Å². The lowest BCUT2D eigenvalue weighted by Gasteiger charge is -2.34. The second-order valence-electron chi connectivity index (χ2n) is 10.9. The Morgan fingerprint density at radius 1 is 1.29 bits per heavy atom. The van der Waals surface area contributed by atoms with Gasteiger partial charge in [0.1, 0.15) is 5.69 Å². The quantitative estimate of drug-likeness (QED) is 0.341. The molecular weight excluding hydrogens is 490 g/mol. The van der Waals surface area contributed by atoms with Gasteiger partial charge in [-0.3, -0.25) is 9.48 Å². The Labute approximate surface area is 221 Å². The van der Waals surface area contributed by atoms with Crippen LogP contribution in [-0.4, -0.2) is 68.0 Å². The number of halogens is 2. The second-order valence-corrected chi connectivity index (χ2v) is 10.9. The molecule has 1 aromatic carbocycles. The number of benzene rings is 1. The number of nitrogens with one attached hydrogen (secondary N) is 2.